The molecule has 7 heteroatoms. The van der Waals surface area contributed by atoms with Gasteiger partial charge in [-0.15, -0.1) is 0 Å². The molecular weight excluding hydrogens is 392 g/mol. The molecule has 0 spiro atoms. The second kappa shape index (κ2) is 8.12. The third-order valence-corrected chi connectivity index (χ3v) is 5.13. The Morgan fingerprint density at radius 2 is 1.47 bits per heavy atom. The van der Waals surface area contributed by atoms with E-state index in [0.29, 0.717) is 17.0 Å². The first kappa shape index (κ1) is 19.8. The Kier molecular flexibility index (Phi) is 5.37. The highest BCUT2D eigenvalue weighted by atomic mass is 19.1. The lowest BCUT2D eigenvalue weighted by Gasteiger charge is -2.49. The van der Waals surface area contributed by atoms with Gasteiger partial charge in [-0.05, 0) is 66.2 Å². The number of aliphatic hydroxyl groups is 1. The number of halogens is 2. The first-order valence-corrected chi connectivity index (χ1v) is 9.38. The number of hydrogen-bond donors (Lipinski definition) is 2. The summed E-state index contributed by atoms with van der Waals surface area (Å²) in [7, 11) is 0. The van der Waals surface area contributed by atoms with Gasteiger partial charge in [0.2, 0.25) is 5.91 Å². The van der Waals surface area contributed by atoms with Crippen LogP contribution in [-0.4, -0.2) is 28.8 Å². The van der Waals surface area contributed by atoms with Gasteiger partial charge in [-0.2, -0.15) is 0 Å². The first-order chi connectivity index (χ1) is 14.4. The molecule has 1 aliphatic rings. The molecule has 5 nitrogen and oxygen atoms in total. The number of rotatable bonds is 6. The lowest BCUT2D eigenvalue weighted by atomic mass is 9.78. The van der Waals surface area contributed by atoms with Gasteiger partial charge in [0.1, 0.15) is 35.8 Å². The van der Waals surface area contributed by atoms with E-state index in [9.17, 15) is 23.8 Å². The van der Waals surface area contributed by atoms with E-state index in [1.165, 1.54) is 65.6 Å². The fraction of sp³-hybridized carbons (Fsp3) is 0.174. The van der Waals surface area contributed by atoms with Crippen LogP contribution in [0.5, 0.6) is 11.5 Å². The first-order valence-electron chi connectivity index (χ1n) is 9.38. The zero-order chi connectivity index (χ0) is 21.3. The summed E-state index contributed by atoms with van der Waals surface area (Å²) in [5.41, 5.74) is 1.21. The summed E-state index contributed by atoms with van der Waals surface area (Å²) < 4.78 is 31.9. The van der Waals surface area contributed by atoms with Crippen molar-refractivity contribution in [2.75, 3.05) is 11.5 Å². The fourth-order valence-corrected chi connectivity index (χ4v) is 3.62. The molecule has 1 aliphatic heterocycles. The van der Waals surface area contributed by atoms with Crippen LogP contribution in [0.4, 0.5) is 14.5 Å². The monoisotopic (exact) mass is 411 g/mol. The van der Waals surface area contributed by atoms with Crippen LogP contribution in [0.15, 0.2) is 72.8 Å². The lowest BCUT2D eigenvalue weighted by molar-refractivity contribution is -0.137. The predicted molar refractivity (Wildman–Crippen MR) is 106 cm³/mol. The van der Waals surface area contributed by atoms with E-state index >= 15 is 0 Å². The molecule has 0 saturated carbocycles. The average molecular weight is 411 g/mol. The van der Waals surface area contributed by atoms with Crippen molar-refractivity contribution in [2.45, 2.75) is 12.1 Å². The number of aromatic hydroxyl groups is 1. The fourth-order valence-electron chi connectivity index (χ4n) is 3.62. The van der Waals surface area contributed by atoms with Crippen molar-refractivity contribution >= 4 is 11.6 Å². The molecular formula is C23H19F2NO4. The zero-order valence-corrected chi connectivity index (χ0v) is 15.8. The molecule has 0 aliphatic carbocycles. The van der Waals surface area contributed by atoms with Gasteiger partial charge in [0.05, 0.1) is 12.0 Å². The highest BCUT2D eigenvalue weighted by molar-refractivity contribution is 6.03. The molecule has 1 heterocycles. The molecule has 1 amide bonds. The van der Waals surface area contributed by atoms with Crippen molar-refractivity contribution in [3.8, 4) is 11.5 Å². The highest BCUT2D eigenvalue weighted by Crippen LogP contribution is 2.45. The smallest absolute Gasteiger partial charge is 0.235 e. The molecule has 30 heavy (non-hydrogen) atoms. The van der Waals surface area contributed by atoms with Crippen molar-refractivity contribution in [1.29, 1.82) is 0 Å². The second-order valence-corrected chi connectivity index (χ2v) is 7.08. The van der Waals surface area contributed by atoms with Crippen molar-refractivity contribution in [1.82, 2.24) is 0 Å². The van der Waals surface area contributed by atoms with Gasteiger partial charge in [-0.25, -0.2) is 8.78 Å². The number of nitrogens with zero attached hydrogens (tertiary/aromatic N) is 1. The third kappa shape index (κ3) is 3.84. The van der Waals surface area contributed by atoms with Crippen molar-refractivity contribution in [3.05, 3.63) is 90.0 Å². The minimum atomic E-state index is -1.13. The van der Waals surface area contributed by atoms with E-state index < -0.39 is 29.7 Å². The van der Waals surface area contributed by atoms with Gasteiger partial charge in [-0.3, -0.25) is 4.79 Å². The number of aliphatic hydroxyl groups excluding tert-OH is 1. The van der Waals surface area contributed by atoms with Crippen molar-refractivity contribution < 1.29 is 28.5 Å². The van der Waals surface area contributed by atoms with E-state index in [2.05, 4.69) is 0 Å². The Morgan fingerprint density at radius 1 is 0.900 bits per heavy atom. The van der Waals surface area contributed by atoms with Crippen LogP contribution in [0.1, 0.15) is 11.6 Å². The molecule has 3 atom stereocenters. The van der Waals surface area contributed by atoms with Crippen LogP contribution in [-0.2, 0) is 4.79 Å². The Hall–Kier alpha value is -3.45. The molecule has 154 valence electrons. The van der Waals surface area contributed by atoms with Crippen LogP contribution >= 0.6 is 0 Å². The maximum atomic E-state index is 13.3. The van der Waals surface area contributed by atoms with Crippen molar-refractivity contribution in [2.24, 2.45) is 5.92 Å². The number of phenolic OH excluding ortho intramolecular Hbond substituents is 1. The van der Waals surface area contributed by atoms with Gasteiger partial charge < -0.3 is 19.8 Å². The Labute approximate surface area is 171 Å². The number of carbonyl (C=O) groups is 1. The summed E-state index contributed by atoms with van der Waals surface area (Å²) >= 11 is 0. The van der Waals surface area contributed by atoms with Gasteiger partial charge in [-0.1, -0.05) is 12.1 Å². The molecule has 1 saturated heterocycles. The summed E-state index contributed by atoms with van der Waals surface area (Å²) in [5.74, 6) is -1.49. The Balaban J connectivity index is 1.57. The molecule has 0 unspecified atom stereocenters. The number of benzene rings is 3. The zero-order valence-electron chi connectivity index (χ0n) is 15.8. The number of amides is 1. The Bertz CT molecular complexity index is 1020. The summed E-state index contributed by atoms with van der Waals surface area (Å²) in [5, 5.41) is 20.3. The number of ether oxygens (including phenoxy) is 1. The van der Waals surface area contributed by atoms with Crippen LogP contribution in [0, 0.1) is 17.6 Å². The van der Waals surface area contributed by atoms with Gasteiger partial charge in [0, 0.05) is 5.69 Å². The summed E-state index contributed by atoms with van der Waals surface area (Å²) in [6.45, 7) is -0.159. The van der Waals surface area contributed by atoms with Crippen LogP contribution < -0.4 is 9.64 Å². The number of carbonyl (C=O) groups excluding carboxylic acids is 1. The van der Waals surface area contributed by atoms with Crippen molar-refractivity contribution in [3.63, 3.8) is 0 Å². The molecule has 1 fully saturated rings. The van der Waals surface area contributed by atoms with Gasteiger partial charge >= 0.3 is 0 Å². The topological polar surface area (TPSA) is 70.0 Å². The minimum Gasteiger partial charge on any atom is -0.508 e. The van der Waals surface area contributed by atoms with Gasteiger partial charge in [0.15, 0.2) is 0 Å². The van der Waals surface area contributed by atoms with Crippen LogP contribution in [0.3, 0.4) is 0 Å². The SMILES string of the molecule is O=C1[C@H]([C@@H](O)COc2ccc(F)cc2)[C@@H](c2ccc(O)cc2)N1c1ccc(F)cc1. The van der Waals surface area contributed by atoms with E-state index in [-0.39, 0.29) is 18.3 Å². The number of β-lactam (4-membered cyclic amide) rings is 1. The third-order valence-electron chi connectivity index (χ3n) is 5.13. The molecule has 3 aromatic carbocycles. The molecule has 3 aromatic rings. The largest absolute Gasteiger partial charge is 0.508 e. The van der Waals surface area contributed by atoms with Crippen LogP contribution in [0.2, 0.25) is 0 Å². The molecule has 0 radical (unpaired) electrons. The predicted octanol–water partition coefficient (Wildman–Crippen LogP) is 3.81. The number of phenols is 1. The summed E-state index contributed by atoms with van der Waals surface area (Å²) in [4.78, 5) is 14.4. The molecule has 2 N–H and O–H groups in total. The van der Waals surface area contributed by atoms with E-state index in [1.807, 2.05) is 0 Å². The second-order valence-electron chi connectivity index (χ2n) is 7.08. The van der Waals surface area contributed by atoms with Gasteiger partial charge in [0.25, 0.3) is 0 Å². The maximum Gasteiger partial charge on any atom is 0.235 e. The summed E-state index contributed by atoms with van der Waals surface area (Å²) in [6, 6.07) is 16.7. The minimum absolute atomic E-state index is 0.0782. The molecule has 0 aromatic heterocycles. The highest BCUT2D eigenvalue weighted by Gasteiger charge is 2.52. The maximum absolute atomic E-state index is 13.3. The number of hydrogen-bond acceptors (Lipinski definition) is 4. The standard InChI is InChI=1S/C23H19F2NO4/c24-15-3-7-17(8-4-15)26-22(14-1-9-18(27)10-2-14)21(23(26)29)20(28)13-30-19-11-5-16(25)6-12-19/h1-12,20-22,27-28H,13H2/t20-,21+,22+/m0/s1. The normalized spacial score (nSPS) is 19.3. The van der Waals surface area contributed by atoms with E-state index in [0.717, 1.165) is 0 Å². The van der Waals surface area contributed by atoms with Crippen LogP contribution in [0.25, 0.3) is 0 Å². The Morgan fingerprint density at radius 3 is 2.07 bits per heavy atom. The lowest BCUT2D eigenvalue weighted by Crippen LogP contribution is -2.60. The van der Waals surface area contributed by atoms with E-state index in [1.54, 1.807) is 12.1 Å². The molecule has 0 bridgehead atoms. The number of anilines is 1. The molecule has 4 rings (SSSR count). The summed E-state index contributed by atoms with van der Waals surface area (Å²) in [6.07, 6.45) is -1.13. The quantitative estimate of drug-likeness (QED) is 0.605. The average Bonchev–Trinajstić information content (AvgIpc) is 2.74. The van der Waals surface area contributed by atoms with E-state index in [4.69, 9.17) is 4.74 Å².